The average molecular weight is 580 g/mol. The highest BCUT2D eigenvalue weighted by Crippen LogP contribution is 2.46. The van der Waals surface area contributed by atoms with Crippen molar-refractivity contribution in [1.29, 1.82) is 0 Å². The van der Waals surface area contributed by atoms with Gasteiger partial charge in [0, 0.05) is 38.7 Å². The number of hydrogen-bond acceptors (Lipinski definition) is 4. The summed E-state index contributed by atoms with van der Waals surface area (Å²) in [5.41, 5.74) is 9.04. The van der Waals surface area contributed by atoms with E-state index in [0.717, 1.165) is 72.0 Å². The Hall–Kier alpha value is -6.20. The summed E-state index contributed by atoms with van der Waals surface area (Å²) in [5, 5.41) is 12.0. The molecule has 9 aromatic rings. The number of furan rings is 1. The first-order valence-corrected chi connectivity index (χ1v) is 14.9. The molecule has 0 aliphatic carbocycles. The zero-order chi connectivity index (χ0) is 29.7. The van der Waals surface area contributed by atoms with Crippen molar-refractivity contribution in [3.8, 4) is 51.0 Å². The van der Waals surface area contributed by atoms with Crippen LogP contribution in [0.2, 0.25) is 0 Å². The van der Waals surface area contributed by atoms with Gasteiger partial charge in [0.15, 0.2) is 0 Å². The highest BCUT2D eigenvalue weighted by atomic mass is 16.4. The summed E-state index contributed by atoms with van der Waals surface area (Å²) in [5.74, 6) is 1.84. The van der Waals surface area contributed by atoms with E-state index < -0.39 is 0 Å². The summed E-state index contributed by atoms with van der Waals surface area (Å²) in [6.45, 7) is 0. The van der Waals surface area contributed by atoms with Crippen molar-refractivity contribution in [2.45, 2.75) is 0 Å². The second-order valence-corrected chi connectivity index (χ2v) is 11.1. The Labute approximate surface area is 258 Å². The van der Waals surface area contributed by atoms with Gasteiger partial charge >= 0.3 is 0 Å². The first-order valence-electron chi connectivity index (χ1n) is 14.9. The first kappa shape index (κ1) is 25.3. The molecular formula is C40H25N3O2. The molecular weight excluding hydrogens is 554 g/mol. The summed E-state index contributed by atoms with van der Waals surface area (Å²) in [7, 11) is 0. The summed E-state index contributed by atoms with van der Waals surface area (Å²) < 4.78 is 15.3. The summed E-state index contributed by atoms with van der Waals surface area (Å²) in [6, 6.07) is 51.8. The highest BCUT2D eigenvalue weighted by molar-refractivity contribution is 6.22. The minimum atomic E-state index is 0.477. The minimum Gasteiger partial charge on any atom is -0.455 e. The molecule has 0 N–H and O–H groups in total. The lowest BCUT2D eigenvalue weighted by Gasteiger charge is -2.09. The second kappa shape index (κ2) is 10.2. The maximum Gasteiger partial charge on any atom is 0.248 e. The lowest BCUT2D eigenvalue weighted by atomic mass is 9.98. The Balaban J connectivity index is 1.28. The van der Waals surface area contributed by atoms with Crippen LogP contribution in [0.1, 0.15) is 0 Å². The smallest absolute Gasteiger partial charge is 0.248 e. The van der Waals surface area contributed by atoms with Crippen LogP contribution in [0.5, 0.6) is 0 Å². The fourth-order valence-electron chi connectivity index (χ4n) is 6.38. The topological polar surface area (TPSA) is 57.0 Å². The SMILES string of the molecule is c1ccc(-c2nnc(-c3cccc(-n4c5ccccc5c5c6oc(-c7ccccc7)c(-c7ccccc7)c6ccc54)c3)o2)cc1. The molecule has 0 bridgehead atoms. The van der Waals surface area contributed by atoms with Gasteiger partial charge in [-0.15, -0.1) is 10.2 Å². The van der Waals surface area contributed by atoms with Crippen molar-refractivity contribution in [3.63, 3.8) is 0 Å². The van der Waals surface area contributed by atoms with Crippen LogP contribution >= 0.6 is 0 Å². The molecule has 9 rings (SSSR count). The molecule has 5 heteroatoms. The van der Waals surface area contributed by atoms with Crippen LogP contribution in [0.25, 0.3) is 83.8 Å². The maximum absolute atomic E-state index is 6.90. The van der Waals surface area contributed by atoms with Crippen LogP contribution in [0.3, 0.4) is 0 Å². The first-order chi connectivity index (χ1) is 22.3. The molecule has 45 heavy (non-hydrogen) atoms. The minimum absolute atomic E-state index is 0.477. The Kier molecular flexibility index (Phi) is 5.74. The molecule has 3 aromatic heterocycles. The van der Waals surface area contributed by atoms with E-state index in [1.165, 1.54) is 0 Å². The molecule has 0 unspecified atom stereocenters. The lowest BCUT2D eigenvalue weighted by Crippen LogP contribution is -1.94. The van der Waals surface area contributed by atoms with Gasteiger partial charge in [-0.2, -0.15) is 0 Å². The molecule has 5 nitrogen and oxygen atoms in total. The van der Waals surface area contributed by atoms with Crippen molar-refractivity contribution >= 4 is 32.8 Å². The van der Waals surface area contributed by atoms with Gasteiger partial charge in [0.05, 0.1) is 16.4 Å². The van der Waals surface area contributed by atoms with Crippen LogP contribution in [-0.2, 0) is 0 Å². The van der Waals surface area contributed by atoms with E-state index in [1.807, 2.05) is 54.6 Å². The van der Waals surface area contributed by atoms with Crippen LogP contribution in [-0.4, -0.2) is 14.8 Å². The molecule has 0 aliphatic heterocycles. The van der Waals surface area contributed by atoms with Gasteiger partial charge in [0.25, 0.3) is 0 Å². The Morgan fingerprint density at radius 1 is 0.444 bits per heavy atom. The third kappa shape index (κ3) is 4.09. The molecule has 0 saturated carbocycles. The molecule has 0 spiro atoms. The molecule has 0 saturated heterocycles. The number of rotatable bonds is 5. The second-order valence-electron chi connectivity index (χ2n) is 11.1. The van der Waals surface area contributed by atoms with E-state index in [9.17, 15) is 0 Å². The number of fused-ring (bicyclic) bond motifs is 5. The van der Waals surface area contributed by atoms with Gasteiger partial charge in [-0.25, -0.2) is 0 Å². The number of aromatic nitrogens is 3. The van der Waals surface area contributed by atoms with E-state index in [2.05, 4.69) is 112 Å². The Morgan fingerprint density at radius 2 is 1.07 bits per heavy atom. The molecule has 212 valence electrons. The quantitative estimate of drug-likeness (QED) is 0.204. The van der Waals surface area contributed by atoms with Crippen molar-refractivity contribution in [2.75, 3.05) is 0 Å². The van der Waals surface area contributed by atoms with E-state index in [4.69, 9.17) is 8.83 Å². The van der Waals surface area contributed by atoms with Crippen LogP contribution in [0, 0.1) is 0 Å². The Bertz CT molecular complexity index is 2470. The molecule has 0 radical (unpaired) electrons. The van der Waals surface area contributed by atoms with Gasteiger partial charge < -0.3 is 13.4 Å². The van der Waals surface area contributed by atoms with Gasteiger partial charge in [-0.05, 0) is 54.1 Å². The Morgan fingerprint density at radius 3 is 1.82 bits per heavy atom. The van der Waals surface area contributed by atoms with Crippen molar-refractivity contribution in [3.05, 3.63) is 152 Å². The van der Waals surface area contributed by atoms with Crippen LogP contribution < -0.4 is 0 Å². The predicted molar refractivity (Wildman–Crippen MR) is 180 cm³/mol. The normalized spacial score (nSPS) is 11.6. The third-order valence-electron chi connectivity index (χ3n) is 8.39. The highest BCUT2D eigenvalue weighted by Gasteiger charge is 2.23. The fourth-order valence-corrected chi connectivity index (χ4v) is 6.38. The lowest BCUT2D eigenvalue weighted by molar-refractivity contribution is 0.584. The number of hydrogen-bond donors (Lipinski definition) is 0. The van der Waals surface area contributed by atoms with E-state index in [0.29, 0.717) is 11.8 Å². The summed E-state index contributed by atoms with van der Waals surface area (Å²) >= 11 is 0. The van der Waals surface area contributed by atoms with Crippen LogP contribution in [0.15, 0.2) is 160 Å². The van der Waals surface area contributed by atoms with E-state index in [-0.39, 0.29) is 0 Å². The van der Waals surface area contributed by atoms with Gasteiger partial charge in [0.2, 0.25) is 11.8 Å². The molecule has 0 fully saturated rings. The standard InChI is InChI=1S/C40H25N3O2/c1-4-13-26(14-5-1)35-32-23-24-34-36(38(32)44-37(35)27-15-6-2-7-16-27)31-21-10-11-22-33(31)43(34)30-20-12-19-29(25-30)40-42-41-39(45-40)28-17-8-3-9-18-28/h1-25H. The fraction of sp³-hybridized carbons (Fsp3) is 0. The van der Waals surface area contributed by atoms with E-state index >= 15 is 0 Å². The van der Waals surface area contributed by atoms with Crippen molar-refractivity contribution in [2.24, 2.45) is 0 Å². The molecule has 6 aromatic carbocycles. The predicted octanol–water partition coefficient (Wildman–Crippen LogP) is 10.6. The zero-order valence-electron chi connectivity index (χ0n) is 24.1. The monoisotopic (exact) mass is 579 g/mol. The summed E-state index contributed by atoms with van der Waals surface area (Å²) in [6.07, 6.45) is 0. The van der Waals surface area contributed by atoms with Crippen LogP contribution in [0.4, 0.5) is 0 Å². The largest absolute Gasteiger partial charge is 0.455 e. The van der Waals surface area contributed by atoms with Gasteiger partial charge in [0.1, 0.15) is 11.3 Å². The molecule has 0 amide bonds. The number of benzene rings is 6. The van der Waals surface area contributed by atoms with Crippen molar-refractivity contribution in [1.82, 2.24) is 14.8 Å². The molecule has 3 heterocycles. The van der Waals surface area contributed by atoms with Gasteiger partial charge in [-0.3, -0.25) is 0 Å². The van der Waals surface area contributed by atoms with Crippen molar-refractivity contribution < 1.29 is 8.83 Å². The van der Waals surface area contributed by atoms with E-state index in [1.54, 1.807) is 0 Å². The molecule has 0 atom stereocenters. The summed E-state index contributed by atoms with van der Waals surface area (Å²) in [4.78, 5) is 0. The molecule has 0 aliphatic rings. The maximum atomic E-state index is 6.90. The zero-order valence-corrected chi connectivity index (χ0v) is 24.1. The van der Waals surface area contributed by atoms with Gasteiger partial charge in [-0.1, -0.05) is 103 Å². The number of nitrogens with zero attached hydrogens (tertiary/aromatic N) is 3. The number of para-hydroxylation sites is 1. The average Bonchev–Trinajstić information content (AvgIpc) is 3.84. The third-order valence-corrected chi connectivity index (χ3v) is 8.39.